The monoisotopic (exact) mass is 421 g/mol. The third kappa shape index (κ3) is 6.01. The minimum Gasteiger partial charge on any atom is -0.492 e. The molecule has 1 fully saturated rings. The van der Waals surface area contributed by atoms with Crippen LogP contribution >= 0.6 is 0 Å². The Bertz CT molecular complexity index is 901. The Morgan fingerprint density at radius 2 is 2.24 bits per heavy atom. The first-order valence-electron chi connectivity index (χ1n) is 9.82. The second kappa shape index (κ2) is 9.84. The second-order valence-corrected chi connectivity index (χ2v) is 9.13. The largest absolute Gasteiger partial charge is 0.492 e. The predicted octanol–water partition coefficient (Wildman–Crippen LogP) is 1.75. The van der Waals surface area contributed by atoms with Crippen molar-refractivity contribution in [2.75, 3.05) is 30.8 Å². The van der Waals surface area contributed by atoms with E-state index in [1.54, 1.807) is 29.2 Å². The molecule has 1 amide bonds. The Hall–Kier alpha value is -2.46. The lowest BCUT2D eigenvalue weighted by Crippen LogP contribution is -2.44. The average molecular weight is 422 g/mol. The van der Waals surface area contributed by atoms with Crippen LogP contribution in [0.1, 0.15) is 26.2 Å². The summed E-state index contributed by atoms with van der Waals surface area (Å²) >= 11 is 0. The molecular weight excluding hydrogens is 394 g/mol. The van der Waals surface area contributed by atoms with Crippen molar-refractivity contribution in [2.45, 2.75) is 32.7 Å². The van der Waals surface area contributed by atoms with Crippen molar-refractivity contribution < 1.29 is 17.9 Å². The Morgan fingerprint density at radius 1 is 1.38 bits per heavy atom. The lowest BCUT2D eigenvalue weighted by molar-refractivity contribution is -0.120. The zero-order valence-electron chi connectivity index (χ0n) is 16.5. The van der Waals surface area contributed by atoms with Gasteiger partial charge in [0, 0.05) is 24.8 Å². The number of piperidine rings is 1. The summed E-state index contributed by atoms with van der Waals surface area (Å²) in [5, 5.41) is 6.90. The summed E-state index contributed by atoms with van der Waals surface area (Å²) in [7, 11) is -3.29. The van der Waals surface area contributed by atoms with E-state index in [2.05, 4.69) is 15.4 Å². The van der Waals surface area contributed by atoms with Crippen LogP contribution in [-0.2, 0) is 21.4 Å². The standard InChI is InChI=1S/C19H27N5O4S/c1-2-11-29(26,27)24-8-4-5-16(13-24)19(25)22-17-6-3-7-18(12-17)28-10-9-23-15-20-14-21-23/h3,6-7,12,14-16H,2,4-5,8-11,13H2,1H3,(H,22,25). The SMILES string of the molecule is CCCS(=O)(=O)N1CCCC(C(=O)Nc2cccc(OCCn3cncn3)c2)C1. The van der Waals surface area contributed by atoms with E-state index in [-0.39, 0.29) is 24.1 Å². The Morgan fingerprint density at radius 3 is 3.00 bits per heavy atom. The van der Waals surface area contributed by atoms with Gasteiger partial charge < -0.3 is 10.1 Å². The molecule has 1 saturated heterocycles. The zero-order chi connectivity index (χ0) is 20.7. The molecule has 0 saturated carbocycles. The van der Waals surface area contributed by atoms with Gasteiger partial charge in [0.15, 0.2) is 0 Å². The van der Waals surface area contributed by atoms with Gasteiger partial charge in [0.1, 0.15) is 25.0 Å². The van der Waals surface area contributed by atoms with E-state index in [1.807, 2.05) is 13.0 Å². The molecule has 1 aromatic carbocycles. The van der Waals surface area contributed by atoms with Gasteiger partial charge in [-0.25, -0.2) is 22.4 Å². The Balaban J connectivity index is 1.54. The number of benzene rings is 1. The maximum Gasteiger partial charge on any atom is 0.228 e. The second-order valence-electron chi connectivity index (χ2n) is 7.04. The van der Waals surface area contributed by atoms with Gasteiger partial charge in [-0.15, -0.1) is 0 Å². The Labute approximate surface area is 171 Å². The minimum absolute atomic E-state index is 0.120. The molecule has 2 heterocycles. The molecule has 9 nitrogen and oxygen atoms in total. The summed E-state index contributed by atoms with van der Waals surface area (Å²) in [5.74, 6) is 0.238. The minimum atomic E-state index is -3.29. The molecule has 0 spiro atoms. The first kappa shape index (κ1) is 21.3. The van der Waals surface area contributed by atoms with Crippen LogP contribution in [0.25, 0.3) is 0 Å². The van der Waals surface area contributed by atoms with Crippen LogP contribution in [0.5, 0.6) is 5.75 Å². The quantitative estimate of drug-likeness (QED) is 0.661. The van der Waals surface area contributed by atoms with E-state index < -0.39 is 10.0 Å². The van der Waals surface area contributed by atoms with E-state index in [4.69, 9.17) is 4.74 Å². The van der Waals surface area contributed by atoms with Crippen molar-refractivity contribution in [1.29, 1.82) is 0 Å². The molecule has 1 N–H and O–H groups in total. The highest BCUT2D eigenvalue weighted by Gasteiger charge is 2.31. The maximum atomic E-state index is 12.7. The first-order chi connectivity index (χ1) is 14.0. The molecule has 1 atom stereocenters. The molecule has 3 rings (SSSR count). The number of carbonyl (C=O) groups is 1. The number of carbonyl (C=O) groups excluding carboxylic acids is 1. The van der Waals surface area contributed by atoms with Crippen molar-refractivity contribution in [2.24, 2.45) is 5.92 Å². The van der Waals surface area contributed by atoms with Crippen molar-refractivity contribution in [3.63, 3.8) is 0 Å². The fourth-order valence-corrected chi connectivity index (χ4v) is 4.90. The van der Waals surface area contributed by atoms with Gasteiger partial charge in [0.2, 0.25) is 15.9 Å². The highest BCUT2D eigenvalue weighted by Crippen LogP contribution is 2.23. The molecule has 1 aromatic heterocycles. The summed E-state index contributed by atoms with van der Waals surface area (Å²) in [6.07, 6.45) is 5.02. The number of rotatable bonds is 9. The van der Waals surface area contributed by atoms with Gasteiger partial charge >= 0.3 is 0 Å². The van der Waals surface area contributed by atoms with Gasteiger partial charge in [-0.1, -0.05) is 13.0 Å². The summed E-state index contributed by atoms with van der Waals surface area (Å²) in [6, 6.07) is 7.17. The number of hydrogen-bond donors (Lipinski definition) is 1. The lowest BCUT2D eigenvalue weighted by Gasteiger charge is -2.31. The van der Waals surface area contributed by atoms with Crippen molar-refractivity contribution in [3.05, 3.63) is 36.9 Å². The third-order valence-electron chi connectivity index (χ3n) is 4.77. The van der Waals surface area contributed by atoms with Crippen LogP contribution in [0, 0.1) is 5.92 Å². The van der Waals surface area contributed by atoms with E-state index >= 15 is 0 Å². The van der Waals surface area contributed by atoms with Crippen molar-refractivity contribution in [3.8, 4) is 5.75 Å². The Kier molecular flexibility index (Phi) is 7.21. The molecule has 1 aliphatic heterocycles. The molecule has 0 bridgehead atoms. The number of aromatic nitrogens is 3. The van der Waals surface area contributed by atoms with Crippen LogP contribution < -0.4 is 10.1 Å². The van der Waals surface area contributed by atoms with Crippen LogP contribution in [0.15, 0.2) is 36.9 Å². The molecule has 29 heavy (non-hydrogen) atoms. The highest BCUT2D eigenvalue weighted by atomic mass is 32.2. The molecule has 1 aliphatic rings. The van der Waals surface area contributed by atoms with Gasteiger partial charge in [-0.05, 0) is 31.4 Å². The van der Waals surface area contributed by atoms with E-state index in [0.29, 0.717) is 50.4 Å². The topological polar surface area (TPSA) is 106 Å². The molecule has 0 radical (unpaired) electrons. The maximum absolute atomic E-state index is 12.7. The summed E-state index contributed by atoms with van der Waals surface area (Å²) in [5.41, 5.74) is 0.627. The summed E-state index contributed by atoms with van der Waals surface area (Å²) in [4.78, 5) is 16.6. The number of amides is 1. The fraction of sp³-hybridized carbons (Fsp3) is 0.526. The van der Waals surface area contributed by atoms with E-state index in [1.165, 1.54) is 10.6 Å². The van der Waals surface area contributed by atoms with Gasteiger partial charge in [0.25, 0.3) is 0 Å². The number of anilines is 1. The van der Waals surface area contributed by atoms with E-state index in [0.717, 1.165) is 0 Å². The average Bonchev–Trinajstić information content (AvgIpc) is 3.22. The highest BCUT2D eigenvalue weighted by molar-refractivity contribution is 7.89. The van der Waals surface area contributed by atoms with Crippen LogP contribution in [0.2, 0.25) is 0 Å². The van der Waals surface area contributed by atoms with Crippen LogP contribution in [-0.4, -0.2) is 58.8 Å². The normalized spacial score (nSPS) is 17.8. The summed E-state index contributed by atoms with van der Waals surface area (Å²) in [6.45, 7) is 3.56. The van der Waals surface area contributed by atoms with Crippen molar-refractivity contribution in [1.82, 2.24) is 19.1 Å². The number of hydrogen-bond acceptors (Lipinski definition) is 6. The molecule has 0 aliphatic carbocycles. The molecule has 2 aromatic rings. The number of nitrogens with one attached hydrogen (secondary N) is 1. The molecule has 158 valence electrons. The van der Waals surface area contributed by atoms with Gasteiger partial charge in [-0.2, -0.15) is 5.10 Å². The predicted molar refractivity (Wildman–Crippen MR) is 109 cm³/mol. The fourth-order valence-electron chi connectivity index (χ4n) is 3.31. The molecule has 10 heteroatoms. The molecular formula is C19H27N5O4S. The smallest absolute Gasteiger partial charge is 0.228 e. The first-order valence-corrected chi connectivity index (χ1v) is 11.4. The van der Waals surface area contributed by atoms with Crippen molar-refractivity contribution >= 4 is 21.6 Å². The van der Waals surface area contributed by atoms with Crippen LogP contribution in [0.3, 0.4) is 0 Å². The van der Waals surface area contributed by atoms with E-state index in [9.17, 15) is 13.2 Å². The lowest BCUT2D eigenvalue weighted by atomic mass is 9.98. The number of sulfonamides is 1. The number of nitrogens with zero attached hydrogens (tertiary/aromatic N) is 4. The zero-order valence-corrected chi connectivity index (χ0v) is 17.3. The number of ether oxygens (including phenoxy) is 1. The van der Waals surface area contributed by atoms with Crippen LogP contribution in [0.4, 0.5) is 5.69 Å². The molecule has 1 unspecified atom stereocenters. The summed E-state index contributed by atoms with van der Waals surface area (Å²) < 4.78 is 33.5. The van der Waals surface area contributed by atoms with Gasteiger partial charge in [0.05, 0.1) is 18.2 Å². The van der Waals surface area contributed by atoms with Gasteiger partial charge in [-0.3, -0.25) is 4.79 Å². The third-order valence-corrected chi connectivity index (χ3v) is 6.81.